The summed E-state index contributed by atoms with van der Waals surface area (Å²) in [6, 6.07) is 15.5. The second-order valence-corrected chi connectivity index (χ2v) is 7.49. The molecule has 0 aliphatic rings. The molecule has 0 saturated carbocycles. The first-order valence-corrected chi connectivity index (χ1v) is 9.56. The first-order valence-electron chi connectivity index (χ1n) is 7.67. The highest BCUT2D eigenvalue weighted by atomic mass is 32.2. The van der Waals surface area contributed by atoms with Crippen molar-refractivity contribution >= 4 is 15.7 Å². The number of carbonyl (C=O) groups is 1. The van der Waals surface area contributed by atoms with E-state index in [4.69, 9.17) is 4.74 Å². The van der Waals surface area contributed by atoms with Crippen molar-refractivity contribution < 1.29 is 17.9 Å². The molecule has 0 spiro atoms. The molecule has 6 heteroatoms. The zero-order valence-electron chi connectivity index (χ0n) is 13.7. The summed E-state index contributed by atoms with van der Waals surface area (Å²) >= 11 is 0. The van der Waals surface area contributed by atoms with Crippen LogP contribution in [0.4, 0.5) is 0 Å². The average Bonchev–Trinajstić information content (AvgIpc) is 2.58. The van der Waals surface area contributed by atoms with Gasteiger partial charge in [0.05, 0.1) is 10.9 Å². The highest BCUT2D eigenvalue weighted by Crippen LogP contribution is 2.19. The Bertz CT molecular complexity index is 770. The first kappa shape index (κ1) is 18.0. The van der Waals surface area contributed by atoms with Crippen LogP contribution in [0.3, 0.4) is 0 Å². The molecule has 0 fully saturated rings. The van der Waals surface area contributed by atoms with E-state index < -0.39 is 9.84 Å². The maximum absolute atomic E-state index is 12.1. The van der Waals surface area contributed by atoms with E-state index in [1.807, 2.05) is 25.1 Å². The second-order valence-electron chi connectivity index (χ2n) is 5.47. The molecule has 2 aromatic rings. The van der Waals surface area contributed by atoms with Crippen LogP contribution in [0.25, 0.3) is 0 Å². The van der Waals surface area contributed by atoms with Crippen LogP contribution in [0.15, 0.2) is 59.5 Å². The Morgan fingerprint density at radius 3 is 2.25 bits per heavy atom. The maximum atomic E-state index is 12.1. The van der Waals surface area contributed by atoms with Crippen molar-refractivity contribution in [3.05, 3.63) is 60.2 Å². The zero-order chi connectivity index (χ0) is 17.6. The fourth-order valence-corrected chi connectivity index (χ4v) is 2.90. The monoisotopic (exact) mass is 347 g/mol. The molecule has 24 heavy (non-hydrogen) atoms. The SMILES string of the molecule is CC[C@@H](NC(=O)COc1ccccc1)c1ccc(S(C)(=O)=O)cc1. The van der Waals surface area contributed by atoms with Gasteiger partial charge in [-0.15, -0.1) is 0 Å². The minimum absolute atomic E-state index is 0.0675. The van der Waals surface area contributed by atoms with Crippen molar-refractivity contribution in [3.63, 3.8) is 0 Å². The fraction of sp³-hybridized carbons (Fsp3) is 0.278. The molecule has 0 aliphatic heterocycles. The van der Waals surface area contributed by atoms with E-state index in [1.54, 1.807) is 36.4 Å². The van der Waals surface area contributed by atoms with Crippen LogP contribution >= 0.6 is 0 Å². The molecular weight excluding hydrogens is 326 g/mol. The summed E-state index contributed by atoms with van der Waals surface area (Å²) in [5.41, 5.74) is 0.859. The summed E-state index contributed by atoms with van der Waals surface area (Å²) in [5.74, 6) is 0.413. The standard InChI is InChI=1S/C18H21NO4S/c1-3-17(14-9-11-16(12-10-14)24(2,21)22)19-18(20)13-23-15-7-5-4-6-8-15/h4-12,17H,3,13H2,1-2H3,(H,19,20)/t17-/m1/s1. The van der Waals surface area contributed by atoms with Crippen molar-refractivity contribution in [3.8, 4) is 5.75 Å². The molecule has 0 heterocycles. The van der Waals surface area contributed by atoms with E-state index in [0.717, 1.165) is 5.56 Å². The molecule has 1 amide bonds. The molecule has 2 rings (SSSR count). The number of amides is 1. The largest absolute Gasteiger partial charge is 0.484 e. The molecule has 1 N–H and O–H groups in total. The molecular formula is C18H21NO4S. The van der Waals surface area contributed by atoms with Gasteiger partial charge in [0.1, 0.15) is 5.75 Å². The van der Waals surface area contributed by atoms with E-state index in [2.05, 4.69) is 5.32 Å². The molecule has 0 unspecified atom stereocenters. The number of nitrogens with one attached hydrogen (secondary N) is 1. The Kier molecular flexibility index (Phi) is 5.98. The lowest BCUT2D eigenvalue weighted by Crippen LogP contribution is -2.32. The van der Waals surface area contributed by atoms with Crippen LogP contribution in [0.1, 0.15) is 24.9 Å². The van der Waals surface area contributed by atoms with Crippen LogP contribution in [-0.4, -0.2) is 27.2 Å². The predicted octanol–water partition coefficient (Wildman–Crippen LogP) is 2.74. The van der Waals surface area contributed by atoms with Crippen molar-refractivity contribution in [2.75, 3.05) is 12.9 Å². The summed E-state index contributed by atoms with van der Waals surface area (Å²) in [7, 11) is -3.22. The Hall–Kier alpha value is -2.34. The third kappa shape index (κ3) is 5.09. The number of para-hydroxylation sites is 1. The van der Waals surface area contributed by atoms with Gasteiger partial charge in [0.15, 0.2) is 16.4 Å². The molecule has 0 saturated heterocycles. The number of carbonyl (C=O) groups excluding carboxylic acids is 1. The van der Waals surface area contributed by atoms with Gasteiger partial charge in [-0.1, -0.05) is 37.3 Å². The quantitative estimate of drug-likeness (QED) is 0.836. The maximum Gasteiger partial charge on any atom is 0.258 e. The second kappa shape index (κ2) is 7.97. The summed E-state index contributed by atoms with van der Waals surface area (Å²) in [4.78, 5) is 12.3. The zero-order valence-corrected chi connectivity index (χ0v) is 14.5. The number of sulfone groups is 1. The lowest BCUT2D eigenvalue weighted by atomic mass is 10.0. The van der Waals surface area contributed by atoms with E-state index in [0.29, 0.717) is 12.2 Å². The molecule has 0 bridgehead atoms. The van der Waals surface area contributed by atoms with E-state index >= 15 is 0 Å². The van der Waals surface area contributed by atoms with Crippen LogP contribution in [-0.2, 0) is 14.6 Å². The minimum Gasteiger partial charge on any atom is -0.484 e. The Balaban J connectivity index is 1.97. The number of hydrogen-bond acceptors (Lipinski definition) is 4. The van der Waals surface area contributed by atoms with Crippen LogP contribution in [0, 0.1) is 0 Å². The van der Waals surface area contributed by atoms with Gasteiger partial charge in [0.2, 0.25) is 0 Å². The topological polar surface area (TPSA) is 72.5 Å². The lowest BCUT2D eigenvalue weighted by Gasteiger charge is -2.18. The van der Waals surface area contributed by atoms with Gasteiger partial charge in [-0.25, -0.2) is 8.42 Å². The van der Waals surface area contributed by atoms with Gasteiger partial charge in [-0.2, -0.15) is 0 Å². The molecule has 0 aliphatic carbocycles. The van der Waals surface area contributed by atoms with Gasteiger partial charge < -0.3 is 10.1 Å². The Morgan fingerprint density at radius 2 is 1.71 bits per heavy atom. The van der Waals surface area contributed by atoms with E-state index in [9.17, 15) is 13.2 Å². The van der Waals surface area contributed by atoms with Gasteiger partial charge in [-0.05, 0) is 36.2 Å². The lowest BCUT2D eigenvalue weighted by molar-refractivity contribution is -0.123. The number of benzene rings is 2. The highest BCUT2D eigenvalue weighted by molar-refractivity contribution is 7.90. The summed E-state index contributed by atoms with van der Waals surface area (Å²) < 4.78 is 28.4. The van der Waals surface area contributed by atoms with Gasteiger partial charge in [-0.3, -0.25) is 4.79 Å². The Morgan fingerprint density at radius 1 is 1.08 bits per heavy atom. The smallest absolute Gasteiger partial charge is 0.258 e. The van der Waals surface area contributed by atoms with E-state index in [1.165, 1.54) is 6.26 Å². The summed E-state index contributed by atoms with van der Waals surface area (Å²) in [6.45, 7) is 1.88. The van der Waals surface area contributed by atoms with Crippen LogP contribution in [0.5, 0.6) is 5.75 Å². The molecule has 5 nitrogen and oxygen atoms in total. The van der Waals surface area contributed by atoms with Crippen molar-refractivity contribution in [2.24, 2.45) is 0 Å². The van der Waals surface area contributed by atoms with E-state index in [-0.39, 0.29) is 23.5 Å². The van der Waals surface area contributed by atoms with Crippen LogP contribution < -0.4 is 10.1 Å². The predicted molar refractivity (Wildman–Crippen MR) is 92.7 cm³/mol. The average molecular weight is 347 g/mol. The van der Waals surface area contributed by atoms with Gasteiger partial charge in [0, 0.05) is 6.26 Å². The number of ether oxygens (including phenoxy) is 1. The third-order valence-corrected chi connectivity index (χ3v) is 4.70. The van der Waals surface area contributed by atoms with Crippen molar-refractivity contribution in [1.82, 2.24) is 5.32 Å². The number of hydrogen-bond donors (Lipinski definition) is 1. The molecule has 1 atom stereocenters. The fourth-order valence-electron chi connectivity index (χ4n) is 2.27. The summed E-state index contributed by atoms with van der Waals surface area (Å²) in [5, 5.41) is 2.90. The van der Waals surface area contributed by atoms with Crippen molar-refractivity contribution in [2.45, 2.75) is 24.3 Å². The third-order valence-electron chi connectivity index (χ3n) is 3.57. The summed E-state index contributed by atoms with van der Waals surface area (Å²) in [6.07, 6.45) is 1.86. The molecule has 0 radical (unpaired) electrons. The normalized spacial score (nSPS) is 12.4. The highest BCUT2D eigenvalue weighted by Gasteiger charge is 2.14. The Labute approximate surface area is 142 Å². The molecule has 128 valence electrons. The minimum atomic E-state index is -3.22. The van der Waals surface area contributed by atoms with Crippen LogP contribution in [0.2, 0.25) is 0 Å². The van der Waals surface area contributed by atoms with Gasteiger partial charge in [0.25, 0.3) is 5.91 Å². The number of rotatable bonds is 7. The molecule has 2 aromatic carbocycles. The van der Waals surface area contributed by atoms with Gasteiger partial charge >= 0.3 is 0 Å². The molecule has 0 aromatic heterocycles. The van der Waals surface area contributed by atoms with Crippen molar-refractivity contribution in [1.29, 1.82) is 0 Å². The first-order chi connectivity index (χ1) is 11.4.